The first-order valence-corrected chi connectivity index (χ1v) is 8.35. The number of nitrogens with two attached hydrogens (primary N) is 1. The highest BCUT2D eigenvalue weighted by atomic mass is 32.1. The molecule has 0 radical (unpaired) electrons. The van der Waals surface area contributed by atoms with Gasteiger partial charge in [0.05, 0.1) is 6.04 Å². The molecule has 1 aromatic heterocycles. The second-order valence-electron chi connectivity index (χ2n) is 6.71. The Bertz CT molecular complexity index is 418. The second-order valence-corrected chi connectivity index (χ2v) is 7.83. The van der Waals surface area contributed by atoms with Crippen LogP contribution >= 0.6 is 11.3 Å². The van der Waals surface area contributed by atoms with Crippen LogP contribution in [0, 0.1) is 0 Å². The zero-order chi connectivity index (χ0) is 14.8. The Morgan fingerprint density at radius 1 is 1.35 bits per heavy atom. The minimum atomic E-state index is 0.222. The van der Waals surface area contributed by atoms with Gasteiger partial charge >= 0.3 is 0 Å². The molecule has 0 amide bonds. The highest BCUT2D eigenvalue weighted by Crippen LogP contribution is 2.35. The third-order valence-corrected chi connectivity index (χ3v) is 5.79. The Kier molecular flexibility index (Phi) is 5.24. The monoisotopic (exact) mass is 296 g/mol. The predicted octanol–water partition coefficient (Wildman–Crippen LogP) is 3.16. The van der Waals surface area contributed by atoms with Crippen LogP contribution in [0.3, 0.4) is 0 Å². The first kappa shape index (κ1) is 16.0. The molecule has 1 aliphatic heterocycles. The molecule has 1 unspecified atom stereocenters. The fourth-order valence-corrected chi connectivity index (χ4v) is 4.00. The van der Waals surface area contributed by atoms with Crippen molar-refractivity contribution in [3.8, 4) is 0 Å². The van der Waals surface area contributed by atoms with Gasteiger partial charge in [-0.3, -0.25) is 4.90 Å². The van der Waals surface area contributed by atoms with Gasteiger partial charge < -0.3 is 10.5 Å². The van der Waals surface area contributed by atoms with E-state index in [-0.39, 0.29) is 5.41 Å². The van der Waals surface area contributed by atoms with Crippen LogP contribution in [0.1, 0.15) is 49.4 Å². The first-order valence-electron chi connectivity index (χ1n) is 7.53. The molecule has 1 fully saturated rings. The summed E-state index contributed by atoms with van der Waals surface area (Å²) in [5, 5.41) is 0. The van der Waals surface area contributed by atoms with E-state index >= 15 is 0 Å². The molecule has 0 saturated carbocycles. The summed E-state index contributed by atoms with van der Waals surface area (Å²) in [6.07, 6.45) is 2.23. The van der Waals surface area contributed by atoms with E-state index in [4.69, 9.17) is 10.5 Å². The van der Waals surface area contributed by atoms with E-state index in [2.05, 4.69) is 44.9 Å². The van der Waals surface area contributed by atoms with Crippen LogP contribution in [0.15, 0.2) is 12.1 Å². The van der Waals surface area contributed by atoms with Gasteiger partial charge in [0.15, 0.2) is 0 Å². The fraction of sp³-hybridized carbons (Fsp3) is 0.750. The maximum atomic E-state index is 6.06. The highest BCUT2D eigenvalue weighted by molar-refractivity contribution is 7.12. The van der Waals surface area contributed by atoms with Gasteiger partial charge in [-0.25, -0.2) is 0 Å². The number of rotatable bonds is 4. The summed E-state index contributed by atoms with van der Waals surface area (Å²) >= 11 is 1.91. The van der Waals surface area contributed by atoms with E-state index in [0.717, 1.165) is 26.1 Å². The smallest absolute Gasteiger partial charge is 0.0564 e. The number of hydrogen-bond acceptors (Lipinski definition) is 4. The number of likely N-dealkylation sites (N-methyl/N-ethyl adjacent to an activating group) is 1. The highest BCUT2D eigenvalue weighted by Gasteiger charge is 2.27. The van der Waals surface area contributed by atoms with Crippen molar-refractivity contribution in [2.45, 2.75) is 51.1 Å². The van der Waals surface area contributed by atoms with Gasteiger partial charge in [-0.05, 0) is 37.4 Å². The van der Waals surface area contributed by atoms with Gasteiger partial charge in [0.1, 0.15) is 0 Å². The Morgan fingerprint density at radius 3 is 2.50 bits per heavy atom. The molecule has 1 saturated heterocycles. The van der Waals surface area contributed by atoms with E-state index in [0.29, 0.717) is 18.6 Å². The van der Waals surface area contributed by atoms with Gasteiger partial charge in [0.25, 0.3) is 0 Å². The van der Waals surface area contributed by atoms with E-state index in [1.165, 1.54) is 9.75 Å². The van der Waals surface area contributed by atoms with Crippen molar-refractivity contribution in [3.05, 3.63) is 21.9 Å². The number of thiophene rings is 1. The Morgan fingerprint density at radius 2 is 2.00 bits per heavy atom. The molecule has 2 heterocycles. The summed E-state index contributed by atoms with van der Waals surface area (Å²) in [7, 11) is 2.21. The molecule has 20 heavy (non-hydrogen) atoms. The lowest BCUT2D eigenvalue weighted by atomic mass is 9.95. The number of hydrogen-bond donors (Lipinski definition) is 1. The molecular formula is C16H28N2OS. The Balaban J connectivity index is 2.12. The molecule has 0 aliphatic carbocycles. The predicted molar refractivity (Wildman–Crippen MR) is 86.4 cm³/mol. The van der Waals surface area contributed by atoms with Gasteiger partial charge in [0.2, 0.25) is 0 Å². The molecule has 0 bridgehead atoms. The van der Waals surface area contributed by atoms with Crippen molar-refractivity contribution in [2.75, 3.05) is 26.8 Å². The van der Waals surface area contributed by atoms with Crippen molar-refractivity contribution in [1.29, 1.82) is 0 Å². The number of ether oxygens (including phenoxy) is 1. The average molecular weight is 296 g/mol. The Labute approximate surface area is 127 Å². The topological polar surface area (TPSA) is 38.5 Å². The van der Waals surface area contributed by atoms with Crippen LogP contribution in [0.25, 0.3) is 0 Å². The third kappa shape index (κ3) is 3.61. The molecular weight excluding hydrogens is 268 g/mol. The molecule has 114 valence electrons. The van der Waals surface area contributed by atoms with E-state index in [1.54, 1.807) is 0 Å². The second kappa shape index (κ2) is 6.56. The van der Waals surface area contributed by atoms with Crippen molar-refractivity contribution in [3.63, 3.8) is 0 Å². The zero-order valence-corrected chi connectivity index (χ0v) is 14.0. The van der Waals surface area contributed by atoms with Gasteiger partial charge in [-0.1, -0.05) is 20.8 Å². The van der Waals surface area contributed by atoms with E-state index in [1.807, 2.05) is 11.3 Å². The molecule has 1 atom stereocenters. The standard InChI is InChI=1S/C16H28N2OS/c1-16(2,3)15-6-5-14(20-15)13(11-17)18(4)12-7-9-19-10-8-12/h5-6,12-13H,7-11,17H2,1-4H3. The van der Waals surface area contributed by atoms with Crippen LogP contribution in [-0.2, 0) is 10.2 Å². The van der Waals surface area contributed by atoms with E-state index in [9.17, 15) is 0 Å². The Hall–Kier alpha value is -0.420. The minimum absolute atomic E-state index is 0.222. The quantitative estimate of drug-likeness (QED) is 0.927. The van der Waals surface area contributed by atoms with E-state index < -0.39 is 0 Å². The number of nitrogens with zero attached hydrogens (tertiary/aromatic N) is 1. The van der Waals surface area contributed by atoms with Gasteiger partial charge in [-0.2, -0.15) is 0 Å². The largest absolute Gasteiger partial charge is 0.381 e. The molecule has 4 heteroatoms. The molecule has 3 nitrogen and oxygen atoms in total. The molecule has 1 aromatic rings. The molecule has 2 N–H and O–H groups in total. The van der Waals surface area contributed by atoms with Crippen LogP contribution < -0.4 is 5.73 Å². The molecule has 0 spiro atoms. The van der Waals surface area contributed by atoms with Crippen LogP contribution in [0.4, 0.5) is 0 Å². The normalized spacial score (nSPS) is 19.5. The van der Waals surface area contributed by atoms with Gasteiger partial charge in [-0.15, -0.1) is 11.3 Å². The third-order valence-electron chi connectivity index (χ3n) is 4.18. The van der Waals surface area contributed by atoms with Crippen molar-refractivity contribution >= 4 is 11.3 Å². The zero-order valence-electron chi connectivity index (χ0n) is 13.2. The fourth-order valence-electron chi connectivity index (χ4n) is 2.77. The van der Waals surface area contributed by atoms with Crippen LogP contribution in [0.2, 0.25) is 0 Å². The summed E-state index contributed by atoms with van der Waals surface area (Å²) < 4.78 is 5.46. The molecule has 2 rings (SSSR count). The lowest BCUT2D eigenvalue weighted by Gasteiger charge is -2.36. The first-order chi connectivity index (χ1) is 9.43. The van der Waals surface area contributed by atoms with Crippen LogP contribution in [0.5, 0.6) is 0 Å². The van der Waals surface area contributed by atoms with Crippen molar-refractivity contribution in [2.24, 2.45) is 5.73 Å². The maximum absolute atomic E-state index is 6.06. The summed E-state index contributed by atoms with van der Waals surface area (Å²) in [5.41, 5.74) is 6.29. The maximum Gasteiger partial charge on any atom is 0.0564 e. The molecule has 1 aliphatic rings. The SMILES string of the molecule is CN(C1CCOCC1)C(CN)c1ccc(C(C)(C)C)s1. The van der Waals surface area contributed by atoms with Crippen molar-refractivity contribution < 1.29 is 4.74 Å². The summed E-state index contributed by atoms with van der Waals surface area (Å²) in [6.45, 7) is 9.23. The minimum Gasteiger partial charge on any atom is -0.381 e. The summed E-state index contributed by atoms with van der Waals surface area (Å²) in [6, 6.07) is 5.45. The van der Waals surface area contributed by atoms with Gasteiger partial charge in [0, 0.05) is 35.6 Å². The van der Waals surface area contributed by atoms with Crippen LogP contribution in [-0.4, -0.2) is 37.7 Å². The lowest BCUT2D eigenvalue weighted by molar-refractivity contribution is 0.0299. The average Bonchev–Trinajstić information content (AvgIpc) is 2.90. The summed E-state index contributed by atoms with van der Waals surface area (Å²) in [5.74, 6) is 0. The molecule has 0 aromatic carbocycles. The van der Waals surface area contributed by atoms with Crippen molar-refractivity contribution in [1.82, 2.24) is 4.90 Å². The summed E-state index contributed by atoms with van der Waals surface area (Å²) in [4.78, 5) is 5.29. The lowest BCUT2D eigenvalue weighted by Crippen LogP contribution is -2.41.